The van der Waals surface area contributed by atoms with Crippen LogP contribution in [-0.2, 0) is 9.53 Å². The van der Waals surface area contributed by atoms with Crippen molar-refractivity contribution in [1.29, 1.82) is 5.26 Å². The van der Waals surface area contributed by atoms with E-state index in [4.69, 9.17) is 10.00 Å². The third-order valence-electron chi connectivity index (χ3n) is 2.99. The highest BCUT2D eigenvalue weighted by molar-refractivity contribution is 5.77. The van der Waals surface area contributed by atoms with E-state index < -0.39 is 0 Å². The monoisotopic (exact) mass is 210 g/mol. The van der Waals surface area contributed by atoms with E-state index in [1.807, 2.05) is 13.0 Å². The molecule has 1 aliphatic carbocycles. The molecule has 0 saturated heterocycles. The summed E-state index contributed by atoms with van der Waals surface area (Å²) < 4.78 is 5.36. The molecule has 1 rings (SSSR count). The molecule has 0 heterocycles. The number of ether oxygens (including phenoxy) is 1. The number of nitriles is 1. The summed E-state index contributed by atoms with van der Waals surface area (Å²) in [5.74, 6) is -0.0145. The average Bonchev–Trinajstić information content (AvgIpc) is 2.11. The highest BCUT2D eigenvalue weighted by atomic mass is 16.5. The Balaban J connectivity index is 2.32. The van der Waals surface area contributed by atoms with Crippen molar-refractivity contribution in [3.8, 4) is 6.07 Å². The molecular formula is C11H18N2O2. The van der Waals surface area contributed by atoms with Crippen molar-refractivity contribution in [2.24, 2.45) is 0 Å². The second kappa shape index (κ2) is 5.13. The van der Waals surface area contributed by atoms with Gasteiger partial charge in [0, 0.05) is 13.2 Å². The van der Waals surface area contributed by atoms with Gasteiger partial charge in [-0.3, -0.25) is 4.79 Å². The zero-order valence-corrected chi connectivity index (χ0v) is 9.38. The summed E-state index contributed by atoms with van der Waals surface area (Å²) in [4.78, 5) is 11.6. The van der Waals surface area contributed by atoms with Gasteiger partial charge in [-0.05, 0) is 26.2 Å². The van der Waals surface area contributed by atoms with Crippen LogP contribution in [0.2, 0.25) is 0 Å². The zero-order valence-electron chi connectivity index (χ0n) is 9.38. The molecule has 1 unspecified atom stereocenters. The van der Waals surface area contributed by atoms with E-state index in [1.54, 1.807) is 7.11 Å². The zero-order chi connectivity index (χ0) is 11.3. The summed E-state index contributed by atoms with van der Waals surface area (Å²) in [7, 11) is 1.66. The molecule has 0 aliphatic heterocycles. The molecule has 15 heavy (non-hydrogen) atoms. The number of nitrogens with one attached hydrogen (secondary N) is 1. The molecule has 0 radical (unpaired) electrons. The van der Waals surface area contributed by atoms with Gasteiger partial charge < -0.3 is 10.1 Å². The Bertz CT molecular complexity index is 261. The third-order valence-corrected chi connectivity index (χ3v) is 2.99. The van der Waals surface area contributed by atoms with Crippen LogP contribution in [0.5, 0.6) is 0 Å². The Labute approximate surface area is 90.6 Å². The minimum absolute atomic E-state index is 0.0145. The maximum absolute atomic E-state index is 11.6. The lowest BCUT2D eigenvalue weighted by atomic mass is 9.77. The van der Waals surface area contributed by atoms with Gasteiger partial charge in [-0.2, -0.15) is 5.26 Å². The number of amides is 1. The van der Waals surface area contributed by atoms with Crippen LogP contribution in [0.4, 0.5) is 0 Å². The molecule has 1 atom stereocenters. The molecule has 1 N–H and O–H groups in total. The van der Waals surface area contributed by atoms with Gasteiger partial charge in [0.2, 0.25) is 5.91 Å². The SMILES string of the molecule is COC1(CC(=O)NC(C)CC#N)CCC1. The Hall–Kier alpha value is -1.08. The maximum Gasteiger partial charge on any atom is 0.223 e. The smallest absolute Gasteiger partial charge is 0.223 e. The predicted molar refractivity (Wildman–Crippen MR) is 56.0 cm³/mol. The quantitative estimate of drug-likeness (QED) is 0.745. The summed E-state index contributed by atoms with van der Waals surface area (Å²) in [6.45, 7) is 1.83. The molecule has 4 heteroatoms. The molecular weight excluding hydrogens is 192 g/mol. The van der Waals surface area contributed by atoms with Gasteiger partial charge in [-0.15, -0.1) is 0 Å². The van der Waals surface area contributed by atoms with Gasteiger partial charge in [0.05, 0.1) is 24.5 Å². The average molecular weight is 210 g/mol. The Morgan fingerprint density at radius 3 is 2.73 bits per heavy atom. The van der Waals surface area contributed by atoms with Crippen LogP contribution in [0.25, 0.3) is 0 Å². The summed E-state index contributed by atoms with van der Waals surface area (Å²) in [5, 5.41) is 11.3. The summed E-state index contributed by atoms with van der Waals surface area (Å²) in [6.07, 6.45) is 3.83. The van der Waals surface area contributed by atoms with E-state index in [2.05, 4.69) is 5.32 Å². The number of carbonyl (C=O) groups is 1. The lowest BCUT2D eigenvalue weighted by molar-refractivity contribution is -0.134. The van der Waals surface area contributed by atoms with Gasteiger partial charge >= 0.3 is 0 Å². The number of carbonyl (C=O) groups excluding carboxylic acids is 1. The molecule has 4 nitrogen and oxygen atoms in total. The van der Waals surface area contributed by atoms with Crippen molar-refractivity contribution < 1.29 is 9.53 Å². The normalized spacial score (nSPS) is 19.8. The standard InChI is InChI=1S/C11H18N2O2/c1-9(4-7-12)13-10(14)8-11(15-2)5-3-6-11/h9H,3-6,8H2,1-2H3,(H,13,14). The molecule has 0 aromatic rings. The summed E-state index contributed by atoms with van der Waals surface area (Å²) >= 11 is 0. The number of nitrogens with zero attached hydrogens (tertiary/aromatic N) is 1. The van der Waals surface area contributed by atoms with Crippen molar-refractivity contribution in [2.75, 3.05) is 7.11 Å². The van der Waals surface area contributed by atoms with E-state index in [0.29, 0.717) is 12.8 Å². The van der Waals surface area contributed by atoms with Crippen LogP contribution in [0.3, 0.4) is 0 Å². The Morgan fingerprint density at radius 2 is 2.33 bits per heavy atom. The summed E-state index contributed by atoms with van der Waals surface area (Å²) in [6, 6.07) is 1.96. The first kappa shape index (κ1) is 12.0. The van der Waals surface area contributed by atoms with Crippen molar-refractivity contribution in [2.45, 2.75) is 50.7 Å². The van der Waals surface area contributed by atoms with Gasteiger partial charge in [-0.1, -0.05) is 0 Å². The van der Waals surface area contributed by atoms with Crippen LogP contribution in [0.15, 0.2) is 0 Å². The molecule has 1 aliphatic rings. The van der Waals surface area contributed by atoms with Crippen LogP contribution in [-0.4, -0.2) is 24.7 Å². The van der Waals surface area contributed by atoms with Gasteiger partial charge in [0.25, 0.3) is 0 Å². The Morgan fingerprint density at radius 1 is 1.67 bits per heavy atom. The first-order valence-corrected chi connectivity index (χ1v) is 5.33. The number of methoxy groups -OCH3 is 1. The van der Waals surface area contributed by atoms with Crippen LogP contribution >= 0.6 is 0 Å². The highest BCUT2D eigenvalue weighted by Gasteiger charge is 2.39. The number of hydrogen-bond acceptors (Lipinski definition) is 3. The first-order chi connectivity index (χ1) is 7.12. The van der Waals surface area contributed by atoms with E-state index in [1.165, 1.54) is 0 Å². The molecule has 1 amide bonds. The minimum Gasteiger partial charge on any atom is -0.378 e. The molecule has 1 saturated carbocycles. The summed E-state index contributed by atoms with van der Waals surface area (Å²) in [5.41, 5.74) is -0.226. The van der Waals surface area contributed by atoms with Crippen molar-refractivity contribution >= 4 is 5.91 Å². The van der Waals surface area contributed by atoms with Crippen molar-refractivity contribution in [1.82, 2.24) is 5.32 Å². The molecule has 84 valence electrons. The minimum atomic E-state index is -0.226. The second-order valence-electron chi connectivity index (χ2n) is 4.25. The molecule has 1 fully saturated rings. The predicted octanol–water partition coefficient (Wildman–Crippen LogP) is 1.36. The van der Waals surface area contributed by atoms with Gasteiger partial charge in [0.1, 0.15) is 0 Å². The largest absolute Gasteiger partial charge is 0.378 e. The van der Waals surface area contributed by atoms with Crippen molar-refractivity contribution in [3.05, 3.63) is 0 Å². The lowest BCUT2D eigenvalue weighted by Crippen LogP contribution is -2.45. The van der Waals surface area contributed by atoms with Crippen LogP contribution < -0.4 is 5.32 Å². The van der Waals surface area contributed by atoms with Gasteiger partial charge in [-0.25, -0.2) is 0 Å². The van der Waals surface area contributed by atoms with Crippen LogP contribution in [0, 0.1) is 11.3 Å². The Kier molecular flexibility index (Phi) is 4.10. The molecule has 0 aromatic heterocycles. The van der Waals surface area contributed by atoms with E-state index in [9.17, 15) is 4.79 Å². The number of rotatable bonds is 5. The third kappa shape index (κ3) is 3.21. The van der Waals surface area contributed by atoms with Crippen molar-refractivity contribution in [3.63, 3.8) is 0 Å². The van der Waals surface area contributed by atoms with Crippen LogP contribution in [0.1, 0.15) is 39.0 Å². The van der Waals surface area contributed by atoms with E-state index in [0.717, 1.165) is 19.3 Å². The maximum atomic E-state index is 11.6. The topological polar surface area (TPSA) is 62.1 Å². The fourth-order valence-corrected chi connectivity index (χ4v) is 1.83. The molecule has 0 bridgehead atoms. The molecule has 0 aromatic carbocycles. The lowest BCUT2D eigenvalue weighted by Gasteiger charge is -2.40. The first-order valence-electron chi connectivity index (χ1n) is 5.33. The number of hydrogen-bond donors (Lipinski definition) is 1. The fraction of sp³-hybridized carbons (Fsp3) is 0.818. The van der Waals surface area contributed by atoms with Gasteiger partial charge in [0.15, 0.2) is 0 Å². The highest BCUT2D eigenvalue weighted by Crippen LogP contribution is 2.37. The fourth-order valence-electron chi connectivity index (χ4n) is 1.83. The van der Waals surface area contributed by atoms with E-state index >= 15 is 0 Å². The molecule has 0 spiro atoms. The van der Waals surface area contributed by atoms with E-state index in [-0.39, 0.29) is 17.6 Å². The second-order valence-corrected chi connectivity index (χ2v) is 4.25.